The maximum Gasteiger partial charge on any atom is 0.287 e. The van der Waals surface area contributed by atoms with Gasteiger partial charge in [-0.25, -0.2) is 0 Å². The molecule has 1 fully saturated rings. The first-order chi connectivity index (χ1) is 18.5. The normalized spacial score (nSPS) is 16.6. The lowest BCUT2D eigenvalue weighted by atomic mass is 10.1. The van der Waals surface area contributed by atoms with E-state index in [1.54, 1.807) is 30.3 Å². The molecule has 0 radical (unpaired) electrons. The van der Waals surface area contributed by atoms with E-state index in [1.807, 2.05) is 24.3 Å². The Bertz CT molecular complexity index is 1330. The monoisotopic (exact) mass is 518 g/mol. The summed E-state index contributed by atoms with van der Waals surface area (Å²) >= 11 is 0. The van der Waals surface area contributed by atoms with Gasteiger partial charge in [-0.3, -0.25) is 19.3 Å². The van der Waals surface area contributed by atoms with E-state index in [2.05, 4.69) is 12.2 Å². The standard InChI is InChI=1S/C29H30N2O7/c1-2-19-5-3-6-21(13-19)36-17-25(32)20-8-10-26-24(14-20)31(28(33)18-37-26)16-23-9-11-27(38-23)29(34)30-15-22-7-4-12-35-22/h3,5-6,8-11,13-14,22H,2,4,7,12,15-18H2,1H3,(H,30,34). The van der Waals surface area contributed by atoms with Crippen molar-refractivity contribution in [3.63, 3.8) is 0 Å². The van der Waals surface area contributed by atoms with Crippen LogP contribution in [-0.2, 0) is 22.5 Å². The molecule has 3 heterocycles. The molecule has 9 nitrogen and oxygen atoms in total. The molecule has 0 aliphatic carbocycles. The van der Waals surface area contributed by atoms with Crippen molar-refractivity contribution in [2.24, 2.45) is 0 Å². The highest BCUT2D eigenvalue weighted by Crippen LogP contribution is 2.34. The summed E-state index contributed by atoms with van der Waals surface area (Å²) in [6, 6.07) is 15.8. The van der Waals surface area contributed by atoms with Gasteiger partial charge in [-0.15, -0.1) is 0 Å². The molecule has 0 bridgehead atoms. The third-order valence-electron chi connectivity index (χ3n) is 6.61. The maximum atomic E-state index is 12.9. The van der Waals surface area contributed by atoms with Crippen LogP contribution < -0.4 is 19.7 Å². The summed E-state index contributed by atoms with van der Waals surface area (Å²) < 4.78 is 22.6. The molecule has 1 unspecified atom stereocenters. The molecule has 9 heteroatoms. The van der Waals surface area contributed by atoms with Gasteiger partial charge < -0.3 is 23.9 Å². The zero-order chi connectivity index (χ0) is 26.5. The molecule has 2 amide bonds. The Hall–Kier alpha value is -4.11. The number of carbonyl (C=O) groups is 3. The number of carbonyl (C=O) groups excluding carboxylic acids is 3. The highest BCUT2D eigenvalue weighted by atomic mass is 16.5. The van der Waals surface area contributed by atoms with Gasteiger partial charge in [0, 0.05) is 18.7 Å². The average molecular weight is 519 g/mol. The fourth-order valence-corrected chi connectivity index (χ4v) is 4.48. The van der Waals surface area contributed by atoms with E-state index in [0.717, 1.165) is 24.8 Å². The van der Waals surface area contributed by atoms with Crippen molar-refractivity contribution in [3.8, 4) is 11.5 Å². The second-order valence-corrected chi connectivity index (χ2v) is 9.27. The lowest BCUT2D eigenvalue weighted by Crippen LogP contribution is -2.38. The van der Waals surface area contributed by atoms with Crippen LogP contribution >= 0.6 is 0 Å². The molecule has 2 aromatic carbocycles. The fourth-order valence-electron chi connectivity index (χ4n) is 4.48. The first kappa shape index (κ1) is 25.5. The Labute approximate surface area is 220 Å². The van der Waals surface area contributed by atoms with Crippen LogP contribution in [0.15, 0.2) is 59.0 Å². The molecule has 3 aromatic rings. The molecule has 2 aliphatic rings. The quantitative estimate of drug-likeness (QED) is 0.405. The molecule has 1 N–H and O–H groups in total. The van der Waals surface area contributed by atoms with Crippen molar-refractivity contribution in [2.75, 3.05) is 31.3 Å². The zero-order valence-corrected chi connectivity index (χ0v) is 21.2. The molecule has 1 saturated heterocycles. The van der Waals surface area contributed by atoms with Gasteiger partial charge >= 0.3 is 0 Å². The van der Waals surface area contributed by atoms with Crippen molar-refractivity contribution < 1.29 is 33.0 Å². The van der Waals surface area contributed by atoms with Crippen LogP contribution in [0.25, 0.3) is 0 Å². The molecule has 1 atom stereocenters. The van der Waals surface area contributed by atoms with Crippen LogP contribution in [0.5, 0.6) is 11.5 Å². The number of benzene rings is 2. The minimum Gasteiger partial charge on any atom is -0.485 e. The Morgan fingerprint density at radius 1 is 1.13 bits per heavy atom. The summed E-state index contributed by atoms with van der Waals surface area (Å²) in [6.45, 7) is 3.02. The van der Waals surface area contributed by atoms with Gasteiger partial charge in [0.25, 0.3) is 11.8 Å². The minimum absolute atomic E-state index is 0.0275. The van der Waals surface area contributed by atoms with Crippen molar-refractivity contribution in [1.82, 2.24) is 5.32 Å². The molecule has 0 spiro atoms. The first-order valence-electron chi connectivity index (χ1n) is 12.8. The SMILES string of the molecule is CCc1cccc(OCC(=O)c2ccc3c(c2)N(Cc2ccc(C(=O)NCC4CCCO4)o2)C(=O)CO3)c1. The first-order valence-corrected chi connectivity index (χ1v) is 12.8. The van der Waals surface area contributed by atoms with Gasteiger partial charge in [-0.2, -0.15) is 0 Å². The number of ketones is 1. The van der Waals surface area contributed by atoms with Gasteiger partial charge in [-0.1, -0.05) is 19.1 Å². The molecule has 198 valence electrons. The predicted octanol–water partition coefficient (Wildman–Crippen LogP) is 3.94. The largest absolute Gasteiger partial charge is 0.485 e. The zero-order valence-electron chi connectivity index (χ0n) is 21.2. The Morgan fingerprint density at radius 2 is 2.03 bits per heavy atom. The highest BCUT2D eigenvalue weighted by Gasteiger charge is 2.28. The summed E-state index contributed by atoms with van der Waals surface area (Å²) in [6.07, 6.45) is 2.81. The number of amides is 2. The second kappa shape index (κ2) is 11.5. The summed E-state index contributed by atoms with van der Waals surface area (Å²) in [5.41, 5.74) is 1.98. The van der Waals surface area contributed by atoms with Crippen LogP contribution in [0.1, 0.15) is 52.0 Å². The van der Waals surface area contributed by atoms with Crippen molar-refractivity contribution in [3.05, 3.63) is 77.2 Å². The van der Waals surface area contributed by atoms with Crippen LogP contribution in [0, 0.1) is 0 Å². The number of fused-ring (bicyclic) bond motifs is 1. The topological polar surface area (TPSA) is 107 Å². The number of Topliss-reactive ketones (excluding diaryl/α,β-unsaturated/α-hetero) is 1. The Balaban J connectivity index is 1.25. The smallest absolute Gasteiger partial charge is 0.287 e. The van der Waals surface area contributed by atoms with Gasteiger partial charge in [0.1, 0.15) is 17.3 Å². The minimum atomic E-state index is -0.335. The third-order valence-corrected chi connectivity index (χ3v) is 6.61. The molecule has 1 aromatic heterocycles. The molecular weight excluding hydrogens is 488 g/mol. The van der Waals surface area contributed by atoms with Gasteiger partial charge in [0.15, 0.2) is 24.8 Å². The van der Waals surface area contributed by atoms with Crippen molar-refractivity contribution >= 4 is 23.3 Å². The molecule has 38 heavy (non-hydrogen) atoms. The molecular formula is C29H30N2O7. The number of nitrogens with one attached hydrogen (secondary N) is 1. The van der Waals surface area contributed by atoms with Gasteiger partial charge in [0.05, 0.1) is 18.3 Å². The Kier molecular flexibility index (Phi) is 7.74. The van der Waals surface area contributed by atoms with E-state index in [4.69, 9.17) is 18.6 Å². The summed E-state index contributed by atoms with van der Waals surface area (Å²) in [7, 11) is 0. The molecule has 2 aliphatic heterocycles. The number of nitrogens with zero attached hydrogens (tertiary/aromatic N) is 1. The summed E-state index contributed by atoms with van der Waals surface area (Å²) in [5, 5.41) is 2.82. The maximum absolute atomic E-state index is 12.9. The second-order valence-electron chi connectivity index (χ2n) is 9.27. The third kappa shape index (κ3) is 5.89. The molecule has 0 saturated carbocycles. The van der Waals surface area contributed by atoms with Crippen molar-refractivity contribution in [2.45, 2.75) is 38.8 Å². The Morgan fingerprint density at radius 3 is 2.84 bits per heavy atom. The van der Waals surface area contributed by atoms with E-state index in [9.17, 15) is 14.4 Å². The average Bonchev–Trinajstić information content (AvgIpc) is 3.64. The van der Waals surface area contributed by atoms with E-state index in [-0.39, 0.29) is 49.2 Å². The van der Waals surface area contributed by atoms with Crippen molar-refractivity contribution in [1.29, 1.82) is 0 Å². The number of furan rings is 1. The van der Waals surface area contributed by atoms with Gasteiger partial charge in [0.2, 0.25) is 0 Å². The van der Waals surface area contributed by atoms with Crippen LogP contribution in [0.3, 0.4) is 0 Å². The number of anilines is 1. The number of ether oxygens (including phenoxy) is 3. The predicted molar refractivity (Wildman–Crippen MR) is 139 cm³/mol. The molecule has 5 rings (SSSR count). The van der Waals surface area contributed by atoms with Crippen LogP contribution in [0.2, 0.25) is 0 Å². The van der Waals surface area contributed by atoms with Crippen LogP contribution in [-0.4, -0.2) is 50.1 Å². The highest BCUT2D eigenvalue weighted by molar-refractivity contribution is 6.02. The van der Waals surface area contributed by atoms with E-state index >= 15 is 0 Å². The number of rotatable bonds is 10. The van der Waals surface area contributed by atoms with Gasteiger partial charge in [-0.05, 0) is 67.3 Å². The summed E-state index contributed by atoms with van der Waals surface area (Å²) in [4.78, 5) is 39.6. The fraction of sp³-hybridized carbons (Fsp3) is 0.345. The number of aryl methyl sites for hydroxylation is 1. The van der Waals surface area contributed by atoms with Crippen LogP contribution in [0.4, 0.5) is 5.69 Å². The number of hydrogen-bond donors (Lipinski definition) is 1. The summed E-state index contributed by atoms with van der Waals surface area (Å²) in [5.74, 6) is 0.865. The lowest BCUT2D eigenvalue weighted by Gasteiger charge is -2.29. The number of hydrogen-bond acceptors (Lipinski definition) is 7. The lowest BCUT2D eigenvalue weighted by molar-refractivity contribution is -0.121. The van der Waals surface area contributed by atoms with E-state index in [0.29, 0.717) is 41.7 Å². The van der Waals surface area contributed by atoms with E-state index in [1.165, 1.54) is 4.90 Å². The van der Waals surface area contributed by atoms with E-state index < -0.39 is 0 Å².